The molecule has 2 aliphatic heterocycles. The van der Waals surface area contributed by atoms with Gasteiger partial charge in [-0.1, -0.05) is 110 Å². The molecule has 0 spiro atoms. The van der Waals surface area contributed by atoms with Gasteiger partial charge in [-0.25, -0.2) is 0 Å². The number of aliphatic hydroxyl groups is 7. The van der Waals surface area contributed by atoms with Gasteiger partial charge < -0.3 is 64.2 Å². The number of hydrogen-bond donors (Lipinski definition) is 7. The van der Waals surface area contributed by atoms with Crippen LogP contribution in [-0.2, 0) is 38.0 Å². The third-order valence-corrected chi connectivity index (χ3v) is 9.64. The molecule has 0 saturated carbocycles. The van der Waals surface area contributed by atoms with Crippen LogP contribution in [0.3, 0.4) is 0 Å². The van der Waals surface area contributed by atoms with Crippen LogP contribution in [-0.4, -0.2) is 142 Å². The minimum Gasteiger partial charge on any atom is -0.462 e. The monoisotopic (exact) mass is 752 g/mol. The van der Waals surface area contributed by atoms with E-state index in [1.165, 1.54) is 77.0 Å². The van der Waals surface area contributed by atoms with Gasteiger partial charge in [-0.2, -0.15) is 0 Å². The molecule has 2 aliphatic rings. The smallest absolute Gasteiger partial charge is 0.306 e. The van der Waals surface area contributed by atoms with Gasteiger partial charge in [-0.15, -0.1) is 0 Å². The van der Waals surface area contributed by atoms with Crippen LogP contribution in [0.25, 0.3) is 0 Å². The Kier molecular flexibility index (Phi) is 24.3. The molecular formula is C37H68O15. The Bertz CT molecular complexity index is 939. The number of carbonyl (C=O) groups is 2. The van der Waals surface area contributed by atoms with Crippen LogP contribution in [0.2, 0.25) is 0 Å². The van der Waals surface area contributed by atoms with E-state index in [-0.39, 0.29) is 26.1 Å². The van der Waals surface area contributed by atoms with Crippen molar-refractivity contribution in [3.05, 3.63) is 0 Å². The van der Waals surface area contributed by atoms with Gasteiger partial charge in [0.25, 0.3) is 0 Å². The minimum absolute atomic E-state index is 0.103. The molecule has 0 aromatic heterocycles. The molecule has 11 atom stereocenters. The Hall–Kier alpha value is -1.50. The van der Waals surface area contributed by atoms with Gasteiger partial charge >= 0.3 is 11.9 Å². The van der Waals surface area contributed by atoms with Crippen LogP contribution in [0.1, 0.15) is 129 Å². The van der Waals surface area contributed by atoms with Gasteiger partial charge in [-0.3, -0.25) is 9.59 Å². The van der Waals surface area contributed by atoms with Crippen molar-refractivity contribution in [2.75, 3.05) is 26.4 Å². The highest BCUT2D eigenvalue weighted by molar-refractivity contribution is 5.70. The highest BCUT2D eigenvalue weighted by atomic mass is 16.7. The largest absolute Gasteiger partial charge is 0.462 e. The summed E-state index contributed by atoms with van der Waals surface area (Å²) in [6, 6.07) is 0. The maximum atomic E-state index is 12.7. The van der Waals surface area contributed by atoms with Crippen molar-refractivity contribution >= 4 is 11.9 Å². The molecule has 0 aromatic rings. The van der Waals surface area contributed by atoms with E-state index in [0.29, 0.717) is 6.42 Å². The lowest BCUT2D eigenvalue weighted by atomic mass is 9.98. The predicted molar refractivity (Wildman–Crippen MR) is 188 cm³/mol. The Balaban J connectivity index is 1.72. The lowest BCUT2D eigenvalue weighted by molar-refractivity contribution is -0.332. The van der Waals surface area contributed by atoms with Crippen LogP contribution in [0.5, 0.6) is 0 Å². The first-order valence-corrected chi connectivity index (χ1v) is 19.6. The van der Waals surface area contributed by atoms with Crippen molar-refractivity contribution in [1.29, 1.82) is 0 Å². The van der Waals surface area contributed by atoms with Crippen LogP contribution in [0.4, 0.5) is 0 Å². The Labute approximate surface area is 308 Å². The molecule has 306 valence electrons. The zero-order valence-electron chi connectivity index (χ0n) is 31.3. The molecule has 0 amide bonds. The van der Waals surface area contributed by atoms with Gasteiger partial charge in [0.05, 0.1) is 19.8 Å². The summed E-state index contributed by atoms with van der Waals surface area (Å²) in [5, 5.41) is 71.0. The number of hydrogen-bond acceptors (Lipinski definition) is 15. The number of unbranched alkanes of at least 4 members (excludes halogenated alkanes) is 15. The molecule has 0 bridgehead atoms. The fraction of sp³-hybridized carbons (Fsp3) is 0.946. The summed E-state index contributed by atoms with van der Waals surface area (Å²) < 4.78 is 32.7. The third-order valence-electron chi connectivity index (χ3n) is 9.64. The molecule has 2 rings (SSSR count). The predicted octanol–water partition coefficient (Wildman–Crippen LogP) is 2.14. The van der Waals surface area contributed by atoms with Gasteiger partial charge in [0, 0.05) is 12.8 Å². The molecule has 0 aromatic carbocycles. The second kappa shape index (κ2) is 27.1. The standard InChI is InChI=1S/C37H68O15/c1-3-5-6-7-8-9-10-11-12-13-14-15-16-17-18-19-20-29(40)50-25(22-47-28(39)4-2)23-48-36-35(46)33(44)31(42)27(52-36)24-49-37-34(45)32(43)30(41)26(21-38)51-37/h25-27,30-38,41-46H,3-24H2,1-2H3. The van der Waals surface area contributed by atoms with E-state index in [4.69, 9.17) is 28.4 Å². The van der Waals surface area contributed by atoms with Crippen molar-refractivity contribution in [3.8, 4) is 0 Å². The molecule has 0 aliphatic carbocycles. The van der Waals surface area contributed by atoms with Crippen molar-refractivity contribution in [3.63, 3.8) is 0 Å². The summed E-state index contributed by atoms with van der Waals surface area (Å²) in [6.07, 6.45) is 2.88. The molecule has 15 nitrogen and oxygen atoms in total. The zero-order chi connectivity index (χ0) is 38.3. The van der Waals surface area contributed by atoms with E-state index in [2.05, 4.69) is 6.92 Å². The van der Waals surface area contributed by atoms with Crippen molar-refractivity contribution < 1.29 is 73.8 Å². The Morgan fingerprint density at radius 1 is 0.558 bits per heavy atom. The maximum Gasteiger partial charge on any atom is 0.306 e. The van der Waals surface area contributed by atoms with Crippen molar-refractivity contribution in [1.82, 2.24) is 0 Å². The van der Waals surface area contributed by atoms with E-state index >= 15 is 0 Å². The molecule has 7 N–H and O–H groups in total. The molecule has 15 heteroatoms. The zero-order valence-corrected chi connectivity index (χ0v) is 31.3. The second-order valence-electron chi connectivity index (χ2n) is 14.1. The summed E-state index contributed by atoms with van der Waals surface area (Å²) >= 11 is 0. The SMILES string of the molecule is CCCCCCCCCCCCCCCCCCC(=O)OC(COC(=O)CC)COC1OC(COC2OC(CO)C(O)C(O)C2O)C(O)C(O)C1O. The number of rotatable bonds is 28. The van der Waals surface area contributed by atoms with E-state index in [1.54, 1.807) is 6.92 Å². The lowest BCUT2D eigenvalue weighted by Gasteiger charge is -2.42. The van der Waals surface area contributed by atoms with Gasteiger partial charge in [0.1, 0.15) is 55.4 Å². The topological polar surface area (TPSA) is 231 Å². The molecule has 52 heavy (non-hydrogen) atoms. The molecule has 2 saturated heterocycles. The lowest BCUT2D eigenvalue weighted by Crippen LogP contribution is -2.61. The first kappa shape index (κ1) is 46.7. The van der Waals surface area contributed by atoms with Crippen LogP contribution in [0.15, 0.2) is 0 Å². The fourth-order valence-corrected chi connectivity index (χ4v) is 6.26. The van der Waals surface area contributed by atoms with Gasteiger partial charge in [0.2, 0.25) is 0 Å². The minimum atomic E-state index is -1.75. The summed E-state index contributed by atoms with van der Waals surface area (Å²) in [5.74, 6) is -1.02. The molecule has 2 heterocycles. The Morgan fingerprint density at radius 3 is 1.52 bits per heavy atom. The average Bonchev–Trinajstić information content (AvgIpc) is 3.14. The summed E-state index contributed by atoms with van der Waals surface area (Å²) in [7, 11) is 0. The summed E-state index contributed by atoms with van der Waals surface area (Å²) in [5.41, 5.74) is 0. The number of ether oxygens (including phenoxy) is 6. The van der Waals surface area contributed by atoms with E-state index in [9.17, 15) is 45.3 Å². The molecule has 11 unspecified atom stereocenters. The van der Waals surface area contributed by atoms with Gasteiger partial charge in [0.15, 0.2) is 18.7 Å². The van der Waals surface area contributed by atoms with Crippen molar-refractivity contribution in [2.45, 2.75) is 197 Å². The summed E-state index contributed by atoms with van der Waals surface area (Å²) in [6.45, 7) is 1.96. The normalized spacial score (nSPS) is 29.9. The average molecular weight is 753 g/mol. The van der Waals surface area contributed by atoms with Crippen LogP contribution >= 0.6 is 0 Å². The van der Waals surface area contributed by atoms with E-state index < -0.39 is 92.7 Å². The van der Waals surface area contributed by atoms with Crippen LogP contribution in [0, 0.1) is 0 Å². The molecular weight excluding hydrogens is 684 g/mol. The van der Waals surface area contributed by atoms with Gasteiger partial charge in [-0.05, 0) is 6.42 Å². The number of aliphatic hydroxyl groups excluding tert-OH is 7. The third kappa shape index (κ3) is 17.3. The number of carbonyl (C=O) groups excluding carboxylic acids is 2. The number of esters is 2. The first-order valence-electron chi connectivity index (χ1n) is 19.6. The van der Waals surface area contributed by atoms with E-state index in [0.717, 1.165) is 19.3 Å². The summed E-state index contributed by atoms with van der Waals surface area (Å²) in [4.78, 5) is 24.5. The Morgan fingerprint density at radius 2 is 1.02 bits per heavy atom. The molecule has 0 radical (unpaired) electrons. The fourth-order valence-electron chi connectivity index (χ4n) is 6.26. The van der Waals surface area contributed by atoms with Crippen LogP contribution < -0.4 is 0 Å². The quantitative estimate of drug-likeness (QED) is 0.0449. The highest BCUT2D eigenvalue weighted by Gasteiger charge is 2.47. The highest BCUT2D eigenvalue weighted by Crippen LogP contribution is 2.26. The second-order valence-corrected chi connectivity index (χ2v) is 14.1. The maximum absolute atomic E-state index is 12.7. The first-order chi connectivity index (χ1) is 25.0. The van der Waals surface area contributed by atoms with Crippen molar-refractivity contribution in [2.24, 2.45) is 0 Å². The van der Waals surface area contributed by atoms with E-state index in [1.807, 2.05) is 0 Å². The molecule has 2 fully saturated rings.